The highest BCUT2D eigenvalue weighted by atomic mass is 16.6. The second kappa shape index (κ2) is 6.47. The van der Waals surface area contributed by atoms with Gasteiger partial charge in [-0.25, -0.2) is 0 Å². The Balaban J connectivity index is 2.40. The Bertz CT molecular complexity index is 567. The number of hydrogen-bond acceptors (Lipinski definition) is 5. The number of rotatable bonds is 5. The van der Waals surface area contributed by atoms with Crippen molar-refractivity contribution in [1.82, 2.24) is 0 Å². The van der Waals surface area contributed by atoms with Crippen LogP contribution in [0.1, 0.15) is 30.7 Å². The van der Waals surface area contributed by atoms with Crippen molar-refractivity contribution in [1.29, 1.82) is 0 Å². The highest BCUT2D eigenvalue weighted by molar-refractivity contribution is 5.57. The van der Waals surface area contributed by atoms with E-state index in [1.54, 1.807) is 33.5 Å². The molecule has 6 heteroatoms. The molecule has 1 aromatic rings. The fraction of sp³-hybridized carbons (Fsp3) is 0.467. The van der Waals surface area contributed by atoms with Gasteiger partial charge in [-0.05, 0) is 30.9 Å². The molecule has 0 heterocycles. The van der Waals surface area contributed by atoms with E-state index in [0.29, 0.717) is 30.1 Å². The highest BCUT2D eigenvalue weighted by Gasteiger charge is 2.28. The van der Waals surface area contributed by atoms with E-state index in [1.165, 1.54) is 0 Å². The minimum Gasteiger partial charge on any atom is -0.493 e. The minimum absolute atomic E-state index is 0.0464. The summed E-state index contributed by atoms with van der Waals surface area (Å²) in [6.45, 7) is 0. The Morgan fingerprint density at radius 2 is 1.86 bits per heavy atom. The molecule has 0 radical (unpaired) electrons. The molecule has 0 spiro atoms. The minimum atomic E-state index is -0.306. The van der Waals surface area contributed by atoms with Crippen molar-refractivity contribution >= 4 is 0 Å². The van der Waals surface area contributed by atoms with E-state index in [9.17, 15) is 10.1 Å². The number of hydrogen-bond donors (Lipinski definition) is 0. The number of methoxy groups -OCH3 is 3. The van der Waals surface area contributed by atoms with Crippen molar-refractivity contribution in [3.8, 4) is 17.2 Å². The molecule has 1 atom stereocenters. The van der Waals surface area contributed by atoms with Crippen LogP contribution in [0.3, 0.4) is 0 Å². The molecule has 21 heavy (non-hydrogen) atoms. The Labute approximate surface area is 123 Å². The van der Waals surface area contributed by atoms with Crippen molar-refractivity contribution < 1.29 is 19.1 Å². The zero-order chi connectivity index (χ0) is 15.4. The lowest BCUT2D eigenvalue weighted by Gasteiger charge is -2.23. The van der Waals surface area contributed by atoms with Crippen LogP contribution in [0.2, 0.25) is 0 Å². The molecular formula is C15H19NO5. The van der Waals surface area contributed by atoms with Gasteiger partial charge in [0.25, 0.3) is 0 Å². The maximum absolute atomic E-state index is 11.0. The molecule has 114 valence electrons. The molecule has 6 nitrogen and oxygen atoms in total. The highest BCUT2D eigenvalue weighted by Crippen LogP contribution is 2.46. The Kier molecular flexibility index (Phi) is 4.67. The summed E-state index contributed by atoms with van der Waals surface area (Å²) in [6, 6.07) is 3.70. The van der Waals surface area contributed by atoms with Crippen LogP contribution in [-0.4, -0.2) is 26.3 Å². The zero-order valence-corrected chi connectivity index (χ0v) is 12.4. The van der Waals surface area contributed by atoms with Crippen molar-refractivity contribution in [2.24, 2.45) is 0 Å². The molecule has 0 N–H and O–H groups in total. The fourth-order valence-electron chi connectivity index (χ4n) is 2.75. The average Bonchev–Trinajstić information content (AvgIpc) is 2.53. The Hall–Kier alpha value is -2.24. The molecule has 0 bridgehead atoms. The third-order valence-electron chi connectivity index (χ3n) is 3.76. The smallest absolute Gasteiger partial charge is 0.242 e. The van der Waals surface area contributed by atoms with Gasteiger partial charge in [0.2, 0.25) is 11.4 Å². The quantitative estimate of drug-likeness (QED) is 0.616. The summed E-state index contributed by atoms with van der Waals surface area (Å²) in [5.74, 6) is 1.74. The average molecular weight is 293 g/mol. The first-order chi connectivity index (χ1) is 10.1. The van der Waals surface area contributed by atoms with E-state index >= 15 is 0 Å². The summed E-state index contributed by atoms with van der Waals surface area (Å²) in [5.41, 5.74) is 1.19. The summed E-state index contributed by atoms with van der Waals surface area (Å²) < 4.78 is 16.1. The van der Waals surface area contributed by atoms with Crippen molar-refractivity contribution in [3.05, 3.63) is 39.6 Å². The van der Waals surface area contributed by atoms with Crippen LogP contribution in [0.25, 0.3) is 0 Å². The molecule has 1 unspecified atom stereocenters. The van der Waals surface area contributed by atoms with Gasteiger partial charge >= 0.3 is 0 Å². The molecule has 0 amide bonds. The van der Waals surface area contributed by atoms with Gasteiger partial charge < -0.3 is 14.2 Å². The predicted octanol–water partition coefficient (Wildman–Crippen LogP) is 3.14. The van der Waals surface area contributed by atoms with Crippen molar-refractivity contribution in [2.75, 3.05) is 21.3 Å². The van der Waals surface area contributed by atoms with Crippen LogP contribution >= 0.6 is 0 Å². The first kappa shape index (κ1) is 15.2. The van der Waals surface area contributed by atoms with Crippen molar-refractivity contribution in [3.63, 3.8) is 0 Å². The van der Waals surface area contributed by atoms with Crippen molar-refractivity contribution in [2.45, 2.75) is 25.2 Å². The second-order valence-corrected chi connectivity index (χ2v) is 4.85. The van der Waals surface area contributed by atoms with Crippen LogP contribution in [0.5, 0.6) is 17.2 Å². The number of ether oxygens (including phenoxy) is 3. The fourth-order valence-corrected chi connectivity index (χ4v) is 2.75. The van der Waals surface area contributed by atoms with Gasteiger partial charge in [-0.1, -0.05) is 6.07 Å². The molecule has 1 aromatic carbocycles. The van der Waals surface area contributed by atoms with Gasteiger partial charge in [0.05, 0.1) is 26.3 Å². The number of nitro groups is 1. The third-order valence-corrected chi connectivity index (χ3v) is 3.76. The van der Waals surface area contributed by atoms with Gasteiger partial charge in [-0.15, -0.1) is 0 Å². The van der Waals surface area contributed by atoms with Gasteiger partial charge in [0.15, 0.2) is 11.5 Å². The van der Waals surface area contributed by atoms with Gasteiger partial charge in [0, 0.05) is 12.0 Å². The molecule has 0 saturated heterocycles. The monoisotopic (exact) mass is 293 g/mol. The Morgan fingerprint density at radius 3 is 2.43 bits per heavy atom. The van der Waals surface area contributed by atoms with Gasteiger partial charge in [0.1, 0.15) is 0 Å². The molecule has 0 aromatic heterocycles. The lowest BCUT2D eigenvalue weighted by molar-refractivity contribution is -0.429. The van der Waals surface area contributed by atoms with E-state index in [0.717, 1.165) is 12.0 Å². The molecule has 2 rings (SSSR count). The maximum Gasteiger partial charge on any atom is 0.242 e. The van der Waals surface area contributed by atoms with Crippen LogP contribution in [0.4, 0.5) is 0 Å². The van der Waals surface area contributed by atoms with E-state index in [4.69, 9.17) is 14.2 Å². The van der Waals surface area contributed by atoms with Crippen LogP contribution < -0.4 is 14.2 Å². The molecular weight excluding hydrogens is 274 g/mol. The SMILES string of the molecule is COc1ccc(C2CCC=C([N+](=O)[O-])C2)c(OC)c1OC. The third kappa shape index (κ3) is 2.94. The summed E-state index contributed by atoms with van der Waals surface area (Å²) in [7, 11) is 4.67. The zero-order valence-electron chi connectivity index (χ0n) is 12.4. The number of nitrogens with zero attached hydrogens (tertiary/aromatic N) is 1. The number of allylic oxidation sites excluding steroid dienone is 2. The van der Waals surface area contributed by atoms with E-state index in [1.807, 2.05) is 6.07 Å². The predicted molar refractivity (Wildman–Crippen MR) is 77.8 cm³/mol. The van der Waals surface area contributed by atoms with E-state index < -0.39 is 0 Å². The van der Waals surface area contributed by atoms with Gasteiger partial charge in [-0.3, -0.25) is 10.1 Å². The summed E-state index contributed by atoms with van der Waals surface area (Å²) in [6.07, 6.45) is 3.64. The lowest BCUT2D eigenvalue weighted by atomic mass is 9.85. The Morgan fingerprint density at radius 1 is 1.14 bits per heavy atom. The molecule has 0 saturated carbocycles. The van der Waals surface area contributed by atoms with Crippen LogP contribution in [0, 0.1) is 10.1 Å². The number of benzene rings is 1. The molecule has 0 fully saturated rings. The van der Waals surface area contributed by atoms with E-state index in [2.05, 4.69) is 0 Å². The topological polar surface area (TPSA) is 70.8 Å². The summed E-state index contributed by atoms with van der Waals surface area (Å²) in [5, 5.41) is 11.0. The summed E-state index contributed by atoms with van der Waals surface area (Å²) >= 11 is 0. The van der Waals surface area contributed by atoms with Crippen LogP contribution in [0.15, 0.2) is 23.9 Å². The van der Waals surface area contributed by atoms with Gasteiger partial charge in [-0.2, -0.15) is 0 Å². The van der Waals surface area contributed by atoms with E-state index in [-0.39, 0.29) is 16.5 Å². The molecule has 1 aliphatic rings. The standard InChI is InChI=1S/C15H19NO5/c1-19-13-8-7-12(14(20-2)15(13)21-3)10-5-4-6-11(9-10)16(17)18/h6-8,10H,4-5,9H2,1-3H3. The largest absolute Gasteiger partial charge is 0.493 e. The molecule has 1 aliphatic carbocycles. The molecule has 0 aliphatic heterocycles. The first-order valence-corrected chi connectivity index (χ1v) is 6.74. The van der Waals surface area contributed by atoms with Crippen LogP contribution in [-0.2, 0) is 0 Å². The second-order valence-electron chi connectivity index (χ2n) is 4.85. The first-order valence-electron chi connectivity index (χ1n) is 6.74. The lowest BCUT2D eigenvalue weighted by Crippen LogP contribution is -2.12. The maximum atomic E-state index is 11.0. The normalized spacial score (nSPS) is 17.9. The summed E-state index contributed by atoms with van der Waals surface area (Å²) in [4.78, 5) is 10.7.